The van der Waals surface area contributed by atoms with Gasteiger partial charge >= 0.3 is 16.8 Å². The molecule has 0 atom stereocenters. The van der Waals surface area contributed by atoms with Gasteiger partial charge in [-0.3, -0.25) is 20.0 Å². The van der Waals surface area contributed by atoms with Gasteiger partial charge in [-0.25, -0.2) is 9.97 Å². The Morgan fingerprint density at radius 2 is 0.674 bits per heavy atom. The summed E-state index contributed by atoms with van der Waals surface area (Å²) < 4.78 is 0. The molecule has 0 unspecified atom stereocenters. The van der Waals surface area contributed by atoms with Crippen LogP contribution in [0, 0.1) is 13.1 Å². The van der Waals surface area contributed by atoms with Crippen molar-refractivity contribution in [2.24, 2.45) is 20.0 Å². The summed E-state index contributed by atoms with van der Waals surface area (Å²) in [4.78, 5) is 26.5. The van der Waals surface area contributed by atoms with Crippen molar-refractivity contribution in [1.29, 1.82) is 0 Å². The molecular formula is C34H60CoN6Si2. The van der Waals surface area contributed by atoms with Gasteiger partial charge in [-0.15, -0.1) is 16.1 Å². The van der Waals surface area contributed by atoms with Crippen LogP contribution in [0.2, 0.25) is 39.3 Å². The van der Waals surface area contributed by atoms with Crippen LogP contribution in [-0.4, -0.2) is 75.1 Å². The van der Waals surface area contributed by atoms with Gasteiger partial charge in [0.15, 0.2) is 0 Å². The van der Waals surface area contributed by atoms with Gasteiger partial charge in [-0.2, -0.15) is 0 Å². The Bertz CT molecular complexity index is 986. The SMILES string of the molecule is CCN=C(C)c1cccc(C(C)=NCC)n1.CCN=C(C)c1cccc(C(C)=NCC)n1.[CH2-][Si](C)(C)C.[CH2-][Si](C)(C)C.[Co+2]. The zero-order valence-corrected chi connectivity index (χ0v) is 32.8. The summed E-state index contributed by atoms with van der Waals surface area (Å²) in [7, 11) is -1.72. The minimum atomic E-state index is -0.861. The Hall–Kier alpha value is -2.08. The van der Waals surface area contributed by atoms with Gasteiger partial charge in [-0.1, -0.05) is 51.4 Å². The molecular weight excluding hydrogens is 608 g/mol. The van der Waals surface area contributed by atoms with E-state index in [1.165, 1.54) is 0 Å². The van der Waals surface area contributed by atoms with Gasteiger partial charge in [0.25, 0.3) is 0 Å². The van der Waals surface area contributed by atoms with Crippen LogP contribution in [0.5, 0.6) is 0 Å². The first-order chi connectivity index (χ1) is 19.4. The van der Waals surface area contributed by atoms with Gasteiger partial charge in [0, 0.05) is 26.2 Å². The predicted octanol–water partition coefficient (Wildman–Crippen LogP) is 8.87. The largest absolute Gasteiger partial charge is 2.00 e. The van der Waals surface area contributed by atoms with E-state index in [1.807, 2.05) is 91.8 Å². The van der Waals surface area contributed by atoms with Crippen molar-refractivity contribution in [3.63, 3.8) is 0 Å². The Morgan fingerprint density at radius 1 is 0.512 bits per heavy atom. The van der Waals surface area contributed by atoms with Gasteiger partial charge in [0.05, 0.1) is 45.6 Å². The fraction of sp³-hybridized carbons (Fsp3) is 0.529. The second kappa shape index (κ2) is 24.3. The van der Waals surface area contributed by atoms with Gasteiger partial charge < -0.3 is 13.1 Å². The van der Waals surface area contributed by atoms with Crippen LogP contribution >= 0.6 is 0 Å². The third-order valence-electron chi connectivity index (χ3n) is 4.56. The summed E-state index contributed by atoms with van der Waals surface area (Å²) in [5.74, 6) is 0. The van der Waals surface area contributed by atoms with Crippen molar-refractivity contribution in [3.8, 4) is 0 Å². The fourth-order valence-corrected chi connectivity index (χ4v) is 2.95. The molecule has 43 heavy (non-hydrogen) atoms. The average molecular weight is 668 g/mol. The number of rotatable bonds is 8. The number of hydrogen-bond donors (Lipinski definition) is 0. The molecule has 2 aromatic heterocycles. The van der Waals surface area contributed by atoms with Crippen LogP contribution in [0.1, 0.15) is 78.2 Å². The number of pyridine rings is 2. The van der Waals surface area contributed by atoms with Crippen LogP contribution < -0.4 is 0 Å². The van der Waals surface area contributed by atoms with E-state index in [-0.39, 0.29) is 16.8 Å². The van der Waals surface area contributed by atoms with Crippen LogP contribution in [0.4, 0.5) is 0 Å². The summed E-state index contributed by atoms with van der Waals surface area (Å²) >= 11 is 0. The maximum atomic E-state index is 4.55. The van der Waals surface area contributed by atoms with E-state index in [4.69, 9.17) is 0 Å². The molecule has 1 radical (unpaired) electrons. The van der Waals surface area contributed by atoms with Crippen molar-refractivity contribution >= 4 is 39.0 Å². The molecule has 2 heterocycles. The first-order valence-electron chi connectivity index (χ1n) is 15.1. The molecule has 0 aliphatic heterocycles. The van der Waals surface area contributed by atoms with Gasteiger partial charge in [0.2, 0.25) is 0 Å². The minimum Gasteiger partial charge on any atom is -0.342 e. The Labute approximate surface area is 277 Å². The maximum absolute atomic E-state index is 4.55. The fourth-order valence-electron chi connectivity index (χ4n) is 2.95. The third-order valence-corrected chi connectivity index (χ3v) is 4.56. The summed E-state index contributed by atoms with van der Waals surface area (Å²) in [5, 5.41) is 0. The minimum absolute atomic E-state index is 0. The third kappa shape index (κ3) is 27.2. The number of aromatic nitrogens is 2. The van der Waals surface area contributed by atoms with Crippen molar-refractivity contribution in [3.05, 3.63) is 72.3 Å². The number of hydrogen-bond acceptors (Lipinski definition) is 6. The first kappa shape index (κ1) is 45.4. The molecule has 0 aliphatic carbocycles. The molecule has 0 aromatic carbocycles. The molecule has 0 bridgehead atoms. The summed E-state index contributed by atoms with van der Waals surface area (Å²) in [6, 6.07) is 11.9. The van der Waals surface area contributed by atoms with E-state index in [2.05, 4.69) is 82.3 Å². The van der Waals surface area contributed by atoms with Crippen LogP contribution in [-0.2, 0) is 16.8 Å². The first-order valence-corrected chi connectivity index (χ1v) is 22.5. The van der Waals surface area contributed by atoms with Crippen molar-refractivity contribution in [1.82, 2.24) is 9.97 Å². The van der Waals surface area contributed by atoms with Crippen molar-refractivity contribution < 1.29 is 16.8 Å². The second-order valence-electron chi connectivity index (χ2n) is 12.2. The van der Waals surface area contributed by atoms with E-state index in [1.54, 1.807) is 0 Å². The molecule has 2 aromatic rings. The molecule has 0 amide bonds. The van der Waals surface area contributed by atoms with Crippen LogP contribution in [0.3, 0.4) is 0 Å². The summed E-state index contributed by atoms with van der Waals surface area (Å²) in [6.07, 6.45) is 0. The van der Waals surface area contributed by atoms with Crippen molar-refractivity contribution in [2.45, 2.75) is 94.7 Å². The zero-order valence-electron chi connectivity index (χ0n) is 29.7. The Morgan fingerprint density at radius 3 is 0.814 bits per heavy atom. The standard InChI is InChI=1S/2C13H19N3.2C4H11Si.Co/c2*1-5-14-10(3)12-8-7-9-13(16-12)11(4)15-6-2;2*1-5(2,3)4;/h2*7-9H,5-6H2,1-4H3;2*1H2,2-4H3;/q;;2*-1;+2. The van der Waals surface area contributed by atoms with E-state index in [9.17, 15) is 0 Å². The van der Waals surface area contributed by atoms with Crippen LogP contribution in [0.15, 0.2) is 56.4 Å². The van der Waals surface area contributed by atoms with Gasteiger partial charge in [0.1, 0.15) is 0 Å². The van der Waals surface area contributed by atoms with E-state index in [0.29, 0.717) is 0 Å². The monoisotopic (exact) mass is 667 g/mol. The van der Waals surface area contributed by atoms with Crippen molar-refractivity contribution in [2.75, 3.05) is 26.2 Å². The smallest absolute Gasteiger partial charge is 0.342 e. The molecule has 0 N–H and O–H groups in total. The normalized spacial score (nSPS) is 12.5. The Kier molecular flexibility index (Phi) is 25.6. The van der Waals surface area contributed by atoms with E-state index >= 15 is 0 Å². The summed E-state index contributed by atoms with van der Waals surface area (Å²) in [5.41, 5.74) is 7.66. The van der Waals surface area contributed by atoms with E-state index in [0.717, 1.165) is 71.8 Å². The number of aliphatic imine (C=N–C) groups is 4. The summed E-state index contributed by atoms with van der Waals surface area (Å²) in [6.45, 7) is 40.3. The molecule has 0 spiro atoms. The maximum Gasteiger partial charge on any atom is 2.00 e. The molecule has 0 saturated carbocycles. The quantitative estimate of drug-likeness (QED) is 0.160. The van der Waals surface area contributed by atoms with Crippen LogP contribution in [0.25, 0.3) is 0 Å². The predicted molar refractivity (Wildman–Crippen MR) is 197 cm³/mol. The molecule has 0 fully saturated rings. The Balaban J connectivity index is -0.000000558. The molecule has 2 rings (SSSR count). The second-order valence-corrected chi connectivity index (χ2v) is 22.4. The topological polar surface area (TPSA) is 75.2 Å². The van der Waals surface area contributed by atoms with E-state index < -0.39 is 16.1 Å². The zero-order chi connectivity index (χ0) is 32.9. The molecule has 0 saturated heterocycles. The number of nitrogens with zero attached hydrogens (tertiary/aromatic N) is 6. The molecule has 6 nitrogen and oxygen atoms in total. The molecule has 243 valence electrons. The molecule has 0 aliphatic rings. The van der Waals surface area contributed by atoms with Gasteiger partial charge in [-0.05, 0) is 79.7 Å². The molecule has 9 heteroatoms. The average Bonchev–Trinajstić information content (AvgIpc) is 2.88.